The van der Waals surface area contributed by atoms with Gasteiger partial charge in [-0.3, -0.25) is 0 Å². The molecule has 0 unspecified atom stereocenters. The largest absolute Gasteiger partial charge is 0.489 e. The zero-order valence-corrected chi connectivity index (χ0v) is 14.5. The van der Waals surface area contributed by atoms with E-state index in [1.54, 1.807) is 0 Å². The Morgan fingerprint density at radius 2 is 1.08 bits per heavy atom. The summed E-state index contributed by atoms with van der Waals surface area (Å²) in [5, 5.41) is 2.42. The average Bonchev–Trinajstić information content (AvgIpc) is 2.72. The molecule has 2 nitrogen and oxygen atoms in total. The smallest absolute Gasteiger partial charge is 0.119 e. The first-order valence-electron chi connectivity index (χ1n) is 8.75. The molecule has 0 fully saturated rings. The Kier molecular flexibility index (Phi) is 4.83. The molecule has 4 aromatic carbocycles. The van der Waals surface area contributed by atoms with Gasteiger partial charge in [-0.15, -0.1) is 0 Å². The van der Waals surface area contributed by atoms with Gasteiger partial charge in [0.15, 0.2) is 0 Å². The summed E-state index contributed by atoms with van der Waals surface area (Å²) in [6, 6.07) is 32.5. The molecule has 0 atom stereocenters. The lowest BCUT2D eigenvalue weighted by Crippen LogP contribution is -2.05. The maximum atomic E-state index is 6.04. The van der Waals surface area contributed by atoms with Crippen molar-refractivity contribution in [3.63, 3.8) is 0 Å². The van der Waals surface area contributed by atoms with Crippen LogP contribution in [0, 0.1) is 0 Å². The second kappa shape index (κ2) is 7.75. The highest BCUT2D eigenvalue weighted by molar-refractivity contribution is 5.86. The molecule has 0 aromatic heterocycles. The monoisotopic (exact) mass is 340 g/mol. The van der Waals surface area contributed by atoms with Crippen LogP contribution < -0.4 is 9.47 Å². The molecule has 2 heteroatoms. The molecule has 0 spiro atoms. The van der Waals surface area contributed by atoms with Gasteiger partial charge in [-0.05, 0) is 40.6 Å². The third-order valence-corrected chi connectivity index (χ3v) is 4.40. The molecule has 0 heterocycles. The Labute approximate surface area is 153 Å². The van der Waals surface area contributed by atoms with Gasteiger partial charge in [0.05, 0.1) is 0 Å². The van der Waals surface area contributed by atoms with E-state index in [0.29, 0.717) is 13.2 Å². The van der Waals surface area contributed by atoms with Gasteiger partial charge in [0.2, 0.25) is 0 Å². The van der Waals surface area contributed by atoms with Crippen LogP contribution in [0.15, 0.2) is 97.1 Å². The van der Waals surface area contributed by atoms with Crippen molar-refractivity contribution < 1.29 is 9.47 Å². The number of para-hydroxylation sites is 2. The lowest BCUT2D eigenvalue weighted by molar-refractivity contribution is 0.286. The van der Waals surface area contributed by atoms with Crippen LogP contribution in [0.3, 0.4) is 0 Å². The van der Waals surface area contributed by atoms with Gasteiger partial charge >= 0.3 is 0 Å². The van der Waals surface area contributed by atoms with Gasteiger partial charge in [-0.1, -0.05) is 72.8 Å². The van der Waals surface area contributed by atoms with Crippen LogP contribution in [-0.2, 0) is 13.2 Å². The van der Waals surface area contributed by atoms with E-state index in [0.717, 1.165) is 17.1 Å². The van der Waals surface area contributed by atoms with E-state index in [4.69, 9.17) is 9.47 Å². The molecular formula is C24H20O2. The Balaban J connectivity index is 1.63. The fourth-order valence-electron chi connectivity index (χ4n) is 3.04. The summed E-state index contributed by atoms with van der Waals surface area (Å²) < 4.78 is 12.0. The fraction of sp³-hybridized carbons (Fsp3) is 0.0833. The minimum Gasteiger partial charge on any atom is -0.489 e. The van der Waals surface area contributed by atoms with Crippen LogP contribution in [0.4, 0.5) is 0 Å². The van der Waals surface area contributed by atoms with E-state index >= 15 is 0 Å². The van der Waals surface area contributed by atoms with E-state index in [1.165, 1.54) is 16.3 Å². The zero-order chi connectivity index (χ0) is 17.6. The molecule has 4 aromatic rings. The summed E-state index contributed by atoms with van der Waals surface area (Å²) in [4.78, 5) is 0. The second-order valence-corrected chi connectivity index (χ2v) is 6.13. The number of rotatable bonds is 6. The summed E-state index contributed by atoms with van der Waals surface area (Å²) in [6.07, 6.45) is 0. The number of hydrogen-bond donors (Lipinski definition) is 0. The minimum absolute atomic E-state index is 0.513. The van der Waals surface area contributed by atoms with Crippen LogP contribution in [0.5, 0.6) is 11.5 Å². The summed E-state index contributed by atoms with van der Waals surface area (Å²) in [7, 11) is 0. The topological polar surface area (TPSA) is 18.5 Å². The molecule has 128 valence electrons. The third kappa shape index (κ3) is 3.70. The first-order valence-corrected chi connectivity index (χ1v) is 8.75. The van der Waals surface area contributed by atoms with Crippen molar-refractivity contribution in [1.82, 2.24) is 0 Å². The quantitative estimate of drug-likeness (QED) is 0.429. The lowest BCUT2D eigenvalue weighted by Gasteiger charge is -2.15. The van der Waals surface area contributed by atoms with Gasteiger partial charge < -0.3 is 9.47 Å². The predicted octanol–water partition coefficient (Wildman–Crippen LogP) is 6.00. The third-order valence-electron chi connectivity index (χ3n) is 4.40. The molecule has 0 aliphatic carbocycles. The van der Waals surface area contributed by atoms with Crippen LogP contribution in [0.2, 0.25) is 0 Å². The SMILES string of the molecule is c1ccc(OCc2ccc3ccccc3c2COc2ccccc2)cc1. The Hall–Kier alpha value is -3.26. The highest BCUT2D eigenvalue weighted by Crippen LogP contribution is 2.25. The highest BCUT2D eigenvalue weighted by Gasteiger charge is 2.09. The van der Waals surface area contributed by atoms with Crippen LogP contribution >= 0.6 is 0 Å². The lowest BCUT2D eigenvalue weighted by atomic mass is 10.00. The highest BCUT2D eigenvalue weighted by atomic mass is 16.5. The number of hydrogen-bond acceptors (Lipinski definition) is 2. The first kappa shape index (κ1) is 16.2. The maximum Gasteiger partial charge on any atom is 0.119 e. The molecule has 0 bridgehead atoms. The molecule has 0 aliphatic rings. The average molecular weight is 340 g/mol. The van der Waals surface area contributed by atoms with Crippen molar-refractivity contribution in [2.75, 3.05) is 0 Å². The standard InChI is InChI=1S/C24H20O2/c1-3-10-21(11-4-1)25-17-20-16-15-19-9-7-8-14-23(19)24(20)18-26-22-12-5-2-6-13-22/h1-16H,17-18H2. The van der Waals surface area contributed by atoms with Crippen molar-refractivity contribution in [3.05, 3.63) is 108 Å². The first-order chi connectivity index (χ1) is 12.9. The summed E-state index contributed by atoms with van der Waals surface area (Å²) >= 11 is 0. The molecular weight excluding hydrogens is 320 g/mol. The van der Waals surface area contributed by atoms with Crippen molar-refractivity contribution >= 4 is 10.8 Å². The molecule has 0 N–H and O–H groups in total. The molecule has 0 aliphatic heterocycles. The van der Waals surface area contributed by atoms with E-state index in [-0.39, 0.29) is 0 Å². The number of benzene rings is 4. The number of fused-ring (bicyclic) bond motifs is 1. The summed E-state index contributed by atoms with van der Waals surface area (Å²) in [6.45, 7) is 1.03. The van der Waals surface area contributed by atoms with Crippen molar-refractivity contribution in [2.24, 2.45) is 0 Å². The molecule has 0 amide bonds. The predicted molar refractivity (Wildman–Crippen MR) is 105 cm³/mol. The van der Waals surface area contributed by atoms with Gasteiger partial charge in [0, 0.05) is 5.56 Å². The summed E-state index contributed by atoms with van der Waals surface area (Å²) in [5.74, 6) is 1.74. The van der Waals surface area contributed by atoms with Crippen molar-refractivity contribution in [1.29, 1.82) is 0 Å². The second-order valence-electron chi connectivity index (χ2n) is 6.13. The van der Waals surface area contributed by atoms with E-state index in [2.05, 4.69) is 36.4 Å². The van der Waals surface area contributed by atoms with Gasteiger partial charge in [-0.2, -0.15) is 0 Å². The fourth-order valence-corrected chi connectivity index (χ4v) is 3.04. The van der Waals surface area contributed by atoms with E-state index < -0.39 is 0 Å². The van der Waals surface area contributed by atoms with E-state index in [1.807, 2.05) is 60.7 Å². The van der Waals surface area contributed by atoms with Gasteiger partial charge in [0.1, 0.15) is 24.7 Å². The molecule has 0 radical (unpaired) electrons. The van der Waals surface area contributed by atoms with Crippen LogP contribution in [-0.4, -0.2) is 0 Å². The van der Waals surface area contributed by atoms with Crippen LogP contribution in [0.25, 0.3) is 10.8 Å². The van der Waals surface area contributed by atoms with Gasteiger partial charge in [0.25, 0.3) is 0 Å². The number of ether oxygens (including phenoxy) is 2. The minimum atomic E-state index is 0.513. The molecule has 26 heavy (non-hydrogen) atoms. The Morgan fingerprint density at radius 3 is 1.77 bits per heavy atom. The maximum absolute atomic E-state index is 6.04. The molecule has 0 saturated heterocycles. The van der Waals surface area contributed by atoms with Crippen molar-refractivity contribution in [2.45, 2.75) is 13.2 Å². The van der Waals surface area contributed by atoms with Crippen molar-refractivity contribution in [3.8, 4) is 11.5 Å². The van der Waals surface area contributed by atoms with E-state index in [9.17, 15) is 0 Å². The molecule has 0 saturated carbocycles. The Morgan fingerprint density at radius 1 is 0.500 bits per heavy atom. The van der Waals surface area contributed by atoms with Crippen LogP contribution in [0.1, 0.15) is 11.1 Å². The zero-order valence-electron chi connectivity index (χ0n) is 14.5. The van der Waals surface area contributed by atoms with Gasteiger partial charge in [-0.25, -0.2) is 0 Å². The normalized spacial score (nSPS) is 10.6. The molecule has 4 rings (SSSR count). The Bertz CT molecular complexity index is 979. The summed E-state index contributed by atoms with van der Waals surface area (Å²) in [5.41, 5.74) is 2.31.